The highest BCUT2D eigenvalue weighted by Gasteiger charge is 2.48. The number of nitrogens with zero attached hydrogens (tertiary/aromatic N) is 3. The molecule has 0 spiro atoms. The summed E-state index contributed by atoms with van der Waals surface area (Å²) in [5, 5.41) is 12.7. The molecule has 8 nitrogen and oxygen atoms in total. The summed E-state index contributed by atoms with van der Waals surface area (Å²) in [6.45, 7) is 0. The maximum atomic E-state index is 15.2. The summed E-state index contributed by atoms with van der Waals surface area (Å²) in [5.41, 5.74) is -0.202. The smallest absolute Gasteiger partial charge is 0.252 e. The Bertz CT molecular complexity index is 984. The molecule has 0 saturated heterocycles. The number of rotatable bonds is 6. The van der Waals surface area contributed by atoms with Gasteiger partial charge in [-0.15, -0.1) is 0 Å². The fourth-order valence-corrected chi connectivity index (χ4v) is 3.26. The molecule has 9 heteroatoms. The van der Waals surface area contributed by atoms with Crippen LogP contribution in [0.1, 0.15) is 31.2 Å². The Labute approximate surface area is 166 Å². The summed E-state index contributed by atoms with van der Waals surface area (Å²) >= 11 is 0. The van der Waals surface area contributed by atoms with Crippen LogP contribution < -0.4 is 15.6 Å². The molecule has 0 aliphatic heterocycles. The Morgan fingerprint density at radius 3 is 2.48 bits per heavy atom. The van der Waals surface area contributed by atoms with Gasteiger partial charge in [-0.05, 0) is 35.7 Å². The highest BCUT2D eigenvalue weighted by Crippen LogP contribution is 2.47. The zero-order chi connectivity index (χ0) is 19.1. The molecule has 5 rings (SSSR count). The summed E-state index contributed by atoms with van der Waals surface area (Å²) in [6, 6.07) is 8.20. The standard InChI is InChI=1S/C20H18FN3O4.H3N/c21-20(13-5-6-22-19(7-13)26-14-2-3-14)9-15(10-20)27-18-4-1-12(11-23-18)16-8-17(25)24-28-16;/h1,4-8,11,14-15H,2-3,9-10H2,(H,24,25);1H3/t15-,20+;. The molecule has 29 heavy (non-hydrogen) atoms. The van der Waals surface area contributed by atoms with Gasteiger partial charge in [-0.3, -0.25) is 0 Å². The fourth-order valence-electron chi connectivity index (χ4n) is 3.26. The first-order valence-electron chi connectivity index (χ1n) is 9.18. The highest BCUT2D eigenvalue weighted by atomic mass is 19.1. The van der Waals surface area contributed by atoms with Crippen molar-refractivity contribution in [3.63, 3.8) is 0 Å². The average molecular weight is 400 g/mol. The topological polar surface area (TPSA) is 126 Å². The van der Waals surface area contributed by atoms with E-state index in [0.29, 0.717) is 28.6 Å². The number of hydrogen-bond donors (Lipinski definition) is 2. The number of ether oxygens (including phenoxy) is 2. The Balaban J connectivity index is 0.00000205. The minimum atomic E-state index is -1.44. The van der Waals surface area contributed by atoms with Crippen LogP contribution in [0.3, 0.4) is 0 Å². The van der Waals surface area contributed by atoms with E-state index in [4.69, 9.17) is 14.0 Å². The first kappa shape index (κ1) is 19.1. The lowest BCUT2D eigenvalue weighted by Gasteiger charge is -2.41. The Hall–Kier alpha value is -3.20. The van der Waals surface area contributed by atoms with Crippen molar-refractivity contribution in [2.24, 2.45) is 0 Å². The van der Waals surface area contributed by atoms with E-state index in [1.807, 2.05) is 0 Å². The molecule has 3 aromatic heterocycles. The molecule has 2 aliphatic rings. The van der Waals surface area contributed by atoms with Crippen molar-refractivity contribution in [2.75, 3.05) is 0 Å². The molecule has 0 unspecified atom stereocenters. The second kappa shape index (κ2) is 7.32. The predicted octanol–water partition coefficient (Wildman–Crippen LogP) is 3.95. The third-order valence-electron chi connectivity index (χ3n) is 4.97. The van der Waals surface area contributed by atoms with Crippen LogP contribution in [0.2, 0.25) is 0 Å². The molecular formula is C20H21FN4O4. The summed E-state index contributed by atoms with van der Waals surface area (Å²) in [6.07, 6.45) is 5.69. The minimum Gasteiger partial charge on any atom is -0.491 e. The Kier molecular flexibility index (Phi) is 4.83. The molecular weight excluding hydrogens is 379 g/mol. The van der Waals surface area contributed by atoms with Crippen LogP contribution in [-0.2, 0) is 5.67 Å². The van der Waals surface area contributed by atoms with Gasteiger partial charge in [0.25, 0.3) is 5.88 Å². The van der Waals surface area contributed by atoms with Crippen molar-refractivity contribution in [2.45, 2.75) is 43.6 Å². The van der Waals surface area contributed by atoms with Crippen molar-refractivity contribution in [1.82, 2.24) is 21.3 Å². The molecule has 2 aliphatic carbocycles. The molecule has 0 aromatic carbocycles. The first-order chi connectivity index (χ1) is 13.6. The molecule has 3 heterocycles. The maximum Gasteiger partial charge on any atom is 0.252 e. The van der Waals surface area contributed by atoms with Crippen LogP contribution in [0, 0.1) is 0 Å². The molecule has 4 N–H and O–H groups in total. The van der Waals surface area contributed by atoms with E-state index >= 15 is 4.39 Å². The molecule has 152 valence electrons. The van der Waals surface area contributed by atoms with Gasteiger partial charge in [-0.2, -0.15) is 0 Å². The van der Waals surface area contributed by atoms with E-state index in [0.717, 1.165) is 12.8 Å². The zero-order valence-electron chi connectivity index (χ0n) is 15.6. The lowest BCUT2D eigenvalue weighted by atomic mass is 9.74. The molecule has 2 fully saturated rings. The van der Waals surface area contributed by atoms with E-state index < -0.39 is 5.67 Å². The first-order valence-corrected chi connectivity index (χ1v) is 9.18. The van der Waals surface area contributed by atoms with E-state index in [1.165, 1.54) is 6.07 Å². The van der Waals surface area contributed by atoms with Crippen molar-refractivity contribution >= 4 is 0 Å². The minimum absolute atomic E-state index is 0. The Morgan fingerprint density at radius 1 is 1.03 bits per heavy atom. The van der Waals surface area contributed by atoms with E-state index in [9.17, 15) is 5.11 Å². The fraction of sp³-hybridized carbons (Fsp3) is 0.350. The summed E-state index contributed by atoms with van der Waals surface area (Å²) in [7, 11) is 0. The van der Waals surface area contributed by atoms with Gasteiger partial charge in [0.2, 0.25) is 11.8 Å². The molecule has 0 radical (unpaired) electrons. The summed E-state index contributed by atoms with van der Waals surface area (Å²) in [4.78, 5) is 8.37. The number of aromatic hydroxyl groups is 1. The van der Waals surface area contributed by atoms with Gasteiger partial charge in [0, 0.05) is 49.0 Å². The molecule has 2 saturated carbocycles. The third kappa shape index (κ3) is 4.00. The van der Waals surface area contributed by atoms with Crippen molar-refractivity contribution < 1.29 is 23.5 Å². The summed E-state index contributed by atoms with van der Waals surface area (Å²) in [5.74, 6) is 1.11. The lowest BCUT2D eigenvalue weighted by molar-refractivity contribution is -0.0487. The van der Waals surface area contributed by atoms with Gasteiger partial charge in [0.1, 0.15) is 17.9 Å². The van der Waals surface area contributed by atoms with Crippen LogP contribution >= 0.6 is 0 Å². The number of pyridine rings is 2. The molecule has 0 atom stereocenters. The van der Waals surface area contributed by atoms with Crippen LogP contribution in [-0.4, -0.2) is 32.4 Å². The summed E-state index contributed by atoms with van der Waals surface area (Å²) < 4.78 is 31.6. The molecule has 3 aromatic rings. The maximum absolute atomic E-state index is 15.2. The van der Waals surface area contributed by atoms with Crippen molar-refractivity contribution in [1.29, 1.82) is 0 Å². The van der Waals surface area contributed by atoms with Crippen LogP contribution in [0.15, 0.2) is 47.2 Å². The van der Waals surface area contributed by atoms with Gasteiger partial charge >= 0.3 is 0 Å². The molecule has 0 bridgehead atoms. The number of alkyl halides is 1. The average Bonchev–Trinajstić information content (AvgIpc) is 3.38. The zero-order valence-corrected chi connectivity index (χ0v) is 15.6. The Morgan fingerprint density at radius 2 is 1.83 bits per heavy atom. The SMILES string of the molecule is N.Oc1cc(-c2ccc(O[C@H]3C[C@](F)(c4ccnc(OC5CC5)c4)C3)nc2)on1. The van der Waals surface area contributed by atoms with Crippen LogP contribution in [0.4, 0.5) is 4.39 Å². The third-order valence-corrected chi connectivity index (χ3v) is 4.97. The van der Waals surface area contributed by atoms with Crippen LogP contribution in [0.25, 0.3) is 11.3 Å². The number of hydrogen-bond acceptors (Lipinski definition) is 8. The van der Waals surface area contributed by atoms with Crippen molar-refractivity contribution in [3.8, 4) is 29.0 Å². The second-order valence-electron chi connectivity index (χ2n) is 7.25. The predicted molar refractivity (Wildman–Crippen MR) is 101 cm³/mol. The van der Waals surface area contributed by atoms with E-state index in [1.54, 1.807) is 36.7 Å². The number of aromatic nitrogens is 3. The number of halogens is 1. The molecule has 0 amide bonds. The van der Waals surface area contributed by atoms with Crippen LogP contribution in [0.5, 0.6) is 17.6 Å². The van der Waals surface area contributed by atoms with Gasteiger partial charge in [0.15, 0.2) is 5.76 Å². The van der Waals surface area contributed by atoms with Gasteiger partial charge < -0.3 is 25.3 Å². The van der Waals surface area contributed by atoms with Crippen molar-refractivity contribution in [3.05, 3.63) is 48.3 Å². The second-order valence-corrected chi connectivity index (χ2v) is 7.25. The van der Waals surface area contributed by atoms with E-state index in [-0.39, 0.29) is 37.1 Å². The normalized spacial score (nSPS) is 23.0. The van der Waals surface area contributed by atoms with Gasteiger partial charge in [-0.1, -0.05) is 0 Å². The lowest BCUT2D eigenvalue weighted by Crippen LogP contribution is -2.44. The largest absolute Gasteiger partial charge is 0.491 e. The highest BCUT2D eigenvalue weighted by molar-refractivity contribution is 5.57. The van der Waals surface area contributed by atoms with Gasteiger partial charge in [-0.25, -0.2) is 14.4 Å². The van der Waals surface area contributed by atoms with E-state index in [2.05, 4.69) is 15.1 Å². The van der Waals surface area contributed by atoms with Gasteiger partial charge in [0.05, 0.1) is 0 Å². The quantitative estimate of drug-likeness (QED) is 0.637. The monoisotopic (exact) mass is 400 g/mol.